The van der Waals surface area contributed by atoms with E-state index in [4.69, 9.17) is 10.8 Å². The molecule has 0 bridgehead atoms. The number of piperidine rings is 1. The second-order valence-electron chi connectivity index (χ2n) is 5.46. The molecule has 3 atom stereocenters. The van der Waals surface area contributed by atoms with Gasteiger partial charge in [0.1, 0.15) is 5.54 Å². The molecule has 3 unspecified atom stereocenters. The van der Waals surface area contributed by atoms with Crippen molar-refractivity contribution in [3.8, 4) is 0 Å². The number of likely N-dealkylation sites (tertiary alicyclic amines) is 1. The van der Waals surface area contributed by atoms with Gasteiger partial charge in [0.25, 0.3) is 0 Å². The summed E-state index contributed by atoms with van der Waals surface area (Å²) in [5.74, 6) is -1.26. The quantitative estimate of drug-likeness (QED) is 0.512. The number of amides is 2. The van der Waals surface area contributed by atoms with Crippen LogP contribution in [0.3, 0.4) is 0 Å². The Hall–Kier alpha value is -1.43. The third-order valence-electron chi connectivity index (χ3n) is 3.77. The molecular formula is C12H18N2O4. The minimum Gasteiger partial charge on any atom is -0.480 e. The summed E-state index contributed by atoms with van der Waals surface area (Å²) in [6.07, 6.45) is 2.25. The third kappa shape index (κ3) is 2.25. The molecule has 2 aliphatic rings. The normalized spacial score (nSPS) is 29.1. The van der Waals surface area contributed by atoms with Gasteiger partial charge in [-0.15, -0.1) is 0 Å². The zero-order valence-electron chi connectivity index (χ0n) is 10.4. The van der Waals surface area contributed by atoms with Crippen LogP contribution in [0.1, 0.15) is 32.6 Å². The SMILES string of the molecule is CC(N)(CCCCN1C(=O)C2CC2C1=O)C(=O)O. The number of imide groups is 1. The fourth-order valence-electron chi connectivity index (χ4n) is 2.34. The number of nitrogens with zero attached hydrogens (tertiary/aromatic N) is 1. The Morgan fingerprint density at radius 1 is 1.39 bits per heavy atom. The summed E-state index contributed by atoms with van der Waals surface area (Å²) in [7, 11) is 0. The van der Waals surface area contributed by atoms with Crippen LogP contribution in [0.15, 0.2) is 0 Å². The van der Waals surface area contributed by atoms with Gasteiger partial charge < -0.3 is 10.8 Å². The van der Waals surface area contributed by atoms with Crippen LogP contribution in [-0.4, -0.2) is 39.9 Å². The summed E-state index contributed by atoms with van der Waals surface area (Å²) in [6, 6.07) is 0. The number of rotatable bonds is 6. The number of aliphatic carboxylic acids is 1. The Morgan fingerprint density at radius 2 is 1.94 bits per heavy atom. The molecule has 1 saturated carbocycles. The third-order valence-corrected chi connectivity index (χ3v) is 3.77. The molecule has 6 heteroatoms. The maximum atomic E-state index is 11.6. The number of carboxylic acids is 1. The van der Waals surface area contributed by atoms with Crippen molar-refractivity contribution in [1.29, 1.82) is 0 Å². The van der Waals surface area contributed by atoms with Gasteiger partial charge in [-0.05, 0) is 32.6 Å². The first kappa shape index (κ1) is 13.0. The van der Waals surface area contributed by atoms with Gasteiger partial charge in [-0.2, -0.15) is 0 Å². The number of fused-ring (bicyclic) bond motifs is 1. The molecule has 2 amide bonds. The zero-order valence-corrected chi connectivity index (χ0v) is 10.4. The van der Waals surface area contributed by atoms with E-state index in [0.717, 1.165) is 0 Å². The smallest absolute Gasteiger partial charge is 0.323 e. The molecule has 1 aliphatic heterocycles. The van der Waals surface area contributed by atoms with Crippen molar-refractivity contribution < 1.29 is 19.5 Å². The lowest BCUT2D eigenvalue weighted by Gasteiger charge is -2.20. The van der Waals surface area contributed by atoms with Crippen molar-refractivity contribution in [3.63, 3.8) is 0 Å². The average molecular weight is 254 g/mol. The Balaban J connectivity index is 1.72. The van der Waals surface area contributed by atoms with Crippen molar-refractivity contribution in [2.24, 2.45) is 17.6 Å². The number of nitrogens with two attached hydrogens (primary N) is 1. The van der Waals surface area contributed by atoms with E-state index in [1.807, 2.05) is 0 Å². The largest absolute Gasteiger partial charge is 0.480 e. The Kier molecular flexibility index (Phi) is 3.14. The summed E-state index contributed by atoms with van der Waals surface area (Å²) in [4.78, 5) is 35.4. The van der Waals surface area contributed by atoms with Gasteiger partial charge in [0.05, 0.1) is 11.8 Å². The number of carbonyl (C=O) groups excluding carboxylic acids is 2. The minimum atomic E-state index is -1.23. The van der Waals surface area contributed by atoms with Crippen molar-refractivity contribution in [3.05, 3.63) is 0 Å². The molecule has 18 heavy (non-hydrogen) atoms. The maximum absolute atomic E-state index is 11.6. The van der Waals surface area contributed by atoms with Gasteiger partial charge in [0.15, 0.2) is 0 Å². The van der Waals surface area contributed by atoms with Crippen molar-refractivity contribution in [2.75, 3.05) is 6.54 Å². The fourth-order valence-corrected chi connectivity index (χ4v) is 2.34. The number of carbonyl (C=O) groups is 3. The maximum Gasteiger partial charge on any atom is 0.323 e. The van der Waals surface area contributed by atoms with Gasteiger partial charge in [-0.1, -0.05) is 0 Å². The van der Waals surface area contributed by atoms with Gasteiger partial charge in [0, 0.05) is 6.54 Å². The van der Waals surface area contributed by atoms with Crippen LogP contribution >= 0.6 is 0 Å². The highest BCUT2D eigenvalue weighted by molar-refractivity contribution is 6.08. The molecule has 2 fully saturated rings. The van der Waals surface area contributed by atoms with E-state index in [1.165, 1.54) is 11.8 Å². The lowest BCUT2D eigenvalue weighted by atomic mass is 9.96. The summed E-state index contributed by atoms with van der Waals surface area (Å²) in [5.41, 5.74) is 4.36. The molecule has 0 aromatic rings. The molecule has 100 valence electrons. The van der Waals surface area contributed by atoms with Gasteiger partial charge in [0.2, 0.25) is 11.8 Å². The summed E-state index contributed by atoms with van der Waals surface area (Å²) in [5, 5.41) is 8.83. The van der Waals surface area contributed by atoms with Gasteiger partial charge in [-0.3, -0.25) is 19.3 Å². The first-order chi connectivity index (χ1) is 8.34. The van der Waals surface area contributed by atoms with E-state index in [9.17, 15) is 14.4 Å². The van der Waals surface area contributed by atoms with Crippen LogP contribution in [0.5, 0.6) is 0 Å². The van der Waals surface area contributed by atoms with Gasteiger partial charge >= 0.3 is 5.97 Å². The van der Waals surface area contributed by atoms with E-state index in [-0.39, 0.29) is 23.7 Å². The molecule has 6 nitrogen and oxygen atoms in total. The molecule has 1 saturated heterocycles. The predicted molar refractivity (Wildman–Crippen MR) is 62.4 cm³/mol. The monoisotopic (exact) mass is 254 g/mol. The standard InChI is InChI=1S/C12H18N2O4/c1-12(13,11(17)18)4-2-3-5-14-9(15)7-6-8(7)10(14)16/h7-8H,2-6,13H2,1H3,(H,17,18). The van der Waals surface area contributed by atoms with E-state index >= 15 is 0 Å². The summed E-state index contributed by atoms with van der Waals surface area (Å²) >= 11 is 0. The lowest BCUT2D eigenvalue weighted by molar-refractivity contribution is -0.144. The Bertz CT molecular complexity index is 385. The van der Waals surface area contributed by atoms with Crippen LogP contribution in [-0.2, 0) is 14.4 Å². The molecule has 1 heterocycles. The summed E-state index contributed by atoms with van der Waals surface area (Å²) < 4.78 is 0. The first-order valence-electron chi connectivity index (χ1n) is 6.22. The fraction of sp³-hybridized carbons (Fsp3) is 0.750. The van der Waals surface area contributed by atoms with E-state index in [0.29, 0.717) is 32.2 Å². The van der Waals surface area contributed by atoms with E-state index in [2.05, 4.69) is 0 Å². The zero-order chi connectivity index (χ0) is 13.5. The van der Waals surface area contributed by atoms with Crippen molar-refractivity contribution in [1.82, 2.24) is 4.90 Å². The lowest BCUT2D eigenvalue weighted by Crippen LogP contribution is -2.44. The number of carboxylic acid groups (broad SMARTS) is 1. The molecule has 2 rings (SSSR count). The Labute approximate surface area is 105 Å². The molecule has 0 radical (unpaired) electrons. The number of hydrogen-bond donors (Lipinski definition) is 2. The molecule has 1 aliphatic carbocycles. The van der Waals surface area contributed by atoms with Crippen LogP contribution < -0.4 is 5.73 Å². The summed E-state index contributed by atoms with van der Waals surface area (Å²) in [6.45, 7) is 1.86. The minimum absolute atomic E-state index is 0.0567. The van der Waals surface area contributed by atoms with Crippen molar-refractivity contribution >= 4 is 17.8 Å². The van der Waals surface area contributed by atoms with Gasteiger partial charge in [-0.25, -0.2) is 0 Å². The predicted octanol–water partition coefficient (Wildman–Crippen LogP) is -0.0364. The highest BCUT2D eigenvalue weighted by Crippen LogP contribution is 2.46. The topological polar surface area (TPSA) is 101 Å². The van der Waals surface area contributed by atoms with Crippen molar-refractivity contribution in [2.45, 2.75) is 38.1 Å². The number of hydrogen-bond acceptors (Lipinski definition) is 4. The van der Waals surface area contributed by atoms with Crippen LogP contribution in [0.4, 0.5) is 0 Å². The second kappa shape index (κ2) is 4.35. The molecule has 0 spiro atoms. The van der Waals surface area contributed by atoms with Crippen LogP contribution in [0.25, 0.3) is 0 Å². The van der Waals surface area contributed by atoms with E-state index in [1.54, 1.807) is 0 Å². The highest BCUT2D eigenvalue weighted by Gasteiger charge is 2.58. The Morgan fingerprint density at radius 3 is 2.44 bits per heavy atom. The molecule has 0 aromatic heterocycles. The number of unbranched alkanes of at least 4 members (excludes halogenated alkanes) is 1. The average Bonchev–Trinajstić information content (AvgIpc) is 3.02. The highest BCUT2D eigenvalue weighted by atomic mass is 16.4. The molecule has 3 N–H and O–H groups in total. The van der Waals surface area contributed by atoms with E-state index < -0.39 is 11.5 Å². The van der Waals surface area contributed by atoms with Crippen LogP contribution in [0.2, 0.25) is 0 Å². The second-order valence-corrected chi connectivity index (χ2v) is 5.46. The van der Waals surface area contributed by atoms with Crippen LogP contribution in [0, 0.1) is 11.8 Å². The molecule has 0 aromatic carbocycles. The first-order valence-corrected chi connectivity index (χ1v) is 6.22. The molecular weight excluding hydrogens is 236 g/mol.